The van der Waals surface area contributed by atoms with Gasteiger partial charge in [0, 0.05) is 17.7 Å². The van der Waals surface area contributed by atoms with Crippen molar-refractivity contribution in [2.24, 2.45) is 0 Å². The van der Waals surface area contributed by atoms with Crippen molar-refractivity contribution >= 4 is 17.6 Å². The molecule has 0 saturated carbocycles. The number of oxazole rings is 1. The first-order valence-electron chi connectivity index (χ1n) is 8.62. The Hall–Kier alpha value is -3.41. The molecule has 0 saturated heterocycles. The number of nitrogens with one attached hydrogen (secondary N) is 1. The minimum atomic E-state index is -0.478. The maximum atomic E-state index is 11.8. The molecule has 138 valence electrons. The summed E-state index contributed by atoms with van der Waals surface area (Å²) in [4.78, 5) is 27.8. The van der Waals surface area contributed by atoms with Crippen molar-refractivity contribution in [2.75, 3.05) is 11.9 Å². The molecule has 0 spiro atoms. The van der Waals surface area contributed by atoms with Crippen molar-refractivity contribution in [1.29, 1.82) is 0 Å². The van der Waals surface area contributed by atoms with E-state index in [0.29, 0.717) is 23.8 Å². The first-order chi connectivity index (χ1) is 13.1. The largest absolute Gasteiger partial charge is 0.456 e. The molecule has 0 bridgehead atoms. The van der Waals surface area contributed by atoms with Crippen molar-refractivity contribution < 1.29 is 18.7 Å². The van der Waals surface area contributed by atoms with Gasteiger partial charge in [0.2, 0.25) is 0 Å². The van der Waals surface area contributed by atoms with Crippen LogP contribution in [0.4, 0.5) is 5.69 Å². The first-order valence-corrected chi connectivity index (χ1v) is 8.62. The molecule has 6 heteroatoms. The Bertz CT molecular complexity index is 901. The molecule has 3 aromatic rings. The number of nitrogens with zero attached hydrogens (tertiary/aromatic N) is 1. The lowest BCUT2D eigenvalue weighted by molar-refractivity contribution is -0.147. The number of carbonyl (C=O) groups is 2. The Morgan fingerprint density at radius 3 is 2.56 bits per heavy atom. The quantitative estimate of drug-likeness (QED) is 0.646. The van der Waals surface area contributed by atoms with Crippen molar-refractivity contribution in [3.8, 4) is 11.3 Å². The highest BCUT2D eigenvalue weighted by atomic mass is 16.5. The molecule has 0 unspecified atom stereocenters. The topological polar surface area (TPSA) is 81.4 Å². The van der Waals surface area contributed by atoms with Gasteiger partial charge in [-0.05, 0) is 19.1 Å². The van der Waals surface area contributed by atoms with E-state index < -0.39 is 5.97 Å². The second-order valence-corrected chi connectivity index (χ2v) is 6.06. The summed E-state index contributed by atoms with van der Waals surface area (Å²) in [6.45, 7) is 1.69. The standard InChI is InChI=1S/C21H20N2O4/c1-15-7-9-16(10-8-15)18-13-22-20(27-18)11-12-21(25)26-14-19(24)23-17-5-3-2-4-6-17/h2-10,13H,11-12,14H2,1H3,(H,23,24). The third kappa shape index (κ3) is 5.54. The number of rotatable bonds is 7. The van der Waals surface area contributed by atoms with Gasteiger partial charge in [0.1, 0.15) is 0 Å². The van der Waals surface area contributed by atoms with Gasteiger partial charge in [-0.15, -0.1) is 0 Å². The van der Waals surface area contributed by atoms with Crippen LogP contribution in [0, 0.1) is 6.92 Å². The fourth-order valence-corrected chi connectivity index (χ4v) is 2.42. The summed E-state index contributed by atoms with van der Waals surface area (Å²) >= 11 is 0. The molecule has 3 rings (SSSR count). The zero-order valence-corrected chi connectivity index (χ0v) is 15.0. The summed E-state index contributed by atoms with van der Waals surface area (Å²) in [5, 5.41) is 2.65. The van der Waals surface area contributed by atoms with Crippen molar-refractivity contribution in [1.82, 2.24) is 4.98 Å². The molecule has 0 fully saturated rings. The normalized spacial score (nSPS) is 10.4. The van der Waals surface area contributed by atoms with Crippen LogP contribution in [-0.4, -0.2) is 23.5 Å². The monoisotopic (exact) mass is 364 g/mol. The third-order valence-corrected chi connectivity index (χ3v) is 3.85. The number of carbonyl (C=O) groups excluding carboxylic acids is 2. The van der Waals surface area contributed by atoms with Gasteiger partial charge in [-0.2, -0.15) is 0 Å². The SMILES string of the molecule is Cc1ccc(-c2cnc(CCC(=O)OCC(=O)Nc3ccccc3)o2)cc1. The third-order valence-electron chi connectivity index (χ3n) is 3.85. The molecule has 6 nitrogen and oxygen atoms in total. The maximum Gasteiger partial charge on any atom is 0.306 e. The summed E-state index contributed by atoms with van der Waals surface area (Å²) in [6.07, 6.45) is 2.04. The number of benzene rings is 2. The van der Waals surface area contributed by atoms with Crippen molar-refractivity contribution in [3.63, 3.8) is 0 Å². The Kier molecular flexibility index (Phi) is 5.99. The van der Waals surface area contributed by atoms with Gasteiger partial charge in [-0.25, -0.2) is 4.98 Å². The molecule has 0 radical (unpaired) electrons. The summed E-state index contributed by atoms with van der Waals surface area (Å²) < 4.78 is 10.6. The molecule has 0 aliphatic rings. The van der Waals surface area contributed by atoms with E-state index in [1.54, 1.807) is 18.3 Å². The van der Waals surface area contributed by atoms with Crippen molar-refractivity contribution in [2.45, 2.75) is 19.8 Å². The molecule has 1 heterocycles. The van der Waals surface area contributed by atoms with Crippen LogP contribution < -0.4 is 5.32 Å². The molecule has 0 aliphatic heterocycles. The number of hydrogen-bond donors (Lipinski definition) is 1. The van der Waals surface area contributed by atoms with Crippen LogP contribution in [0.1, 0.15) is 17.9 Å². The van der Waals surface area contributed by atoms with Crippen LogP contribution in [0.2, 0.25) is 0 Å². The van der Waals surface area contributed by atoms with E-state index in [1.165, 1.54) is 0 Å². The number of aromatic nitrogens is 1. The highest BCUT2D eigenvalue weighted by Crippen LogP contribution is 2.21. The van der Waals surface area contributed by atoms with E-state index in [4.69, 9.17) is 9.15 Å². The van der Waals surface area contributed by atoms with E-state index in [-0.39, 0.29) is 18.9 Å². The van der Waals surface area contributed by atoms with Gasteiger partial charge in [-0.1, -0.05) is 48.0 Å². The minimum Gasteiger partial charge on any atom is -0.456 e. The number of esters is 1. The molecule has 1 aromatic heterocycles. The lowest BCUT2D eigenvalue weighted by Crippen LogP contribution is -2.21. The zero-order chi connectivity index (χ0) is 19.1. The average molecular weight is 364 g/mol. The van der Waals surface area contributed by atoms with E-state index >= 15 is 0 Å². The van der Waals surface area contributed by atoms with Gasteiger partial charge in [0.05, 0.1) is 12.6 Å². The molecule has 1 N–H and O–H groups in total. The summed E-state index contributed by atoms with van der Waals surface area (Å²) in [5.74, 6) is 0.248. The fraction of sp³-hybridized carbons (Fsp3) is 0.190. The first kappa shape index (κ1) is 18.4. The van der Waals surface area contributed by atoms with E-state index in [9.17, 15) is 9.59 Å². The zero-order valence-electron chi connectivity index (χ0n) is 15.0. The van der Waals surface area contributed by atoms with Crippen LogP contribution in [0.5, 0.6) is 0 Å². The van der Waals surface area contributed by atoms with Gasteiger partial charge in [0.25, 0.3) is 5.91 Å². The van der Waals surface area contributed by atoms with Crippen LogP contribution in [0.15, 0.2) is 65.2 Å². The van der Waals surface area contributed by atoms with E-state index in [0.717, 1.165) is 11.1 Å². The van der Waals surface area contributed by atoms with Crippen LogP contribution in [0.3, 0.4) is 0 Å². The number of anilines is 1. The number of ether oxygens (including phenoxy) is 1. The summed E-state index contributed by atoms with van der Waals surface area (Å²) in [6, 6.07) is 16.9. The van der Waals surface area contributed by atoms with Crippen LogP contribution in [-0.2, 0) is 20.7 Å². The highest BCUT2D eigenvalue weighted by Gasteiger charge is 2.11. The molecule has 27 heavy (non-hydrogen) atoms. The molecular formula is C21H20N2O4. The predicted octanol–water partition coefficient (Wildman–Crippen LogP) is 3.76. The smallest absolute Gasteiger partial charge is 0.306 e. The lowest BCUT2D eigenvalue weighted by atomic mass is 10.1. The molecule has 1 amide bonds. The Morgan fingerprint density at radius 1 is 1.07 bits per heavy atom. The number of aryl methyl sites for hydroxylation is 2. The Morgan fingerprint density at radius 2 is 1.81 bits per heavy atom. The van der Waals surface area contributed by atoms with Gasteiger partial charge >= 0.3 is 5.97 Å². The number of amides is 1. The summed E-state index contributed by atoms with van der Waals surface area (Å²) in [7, 11) is 0. The predicted molar refractivity (Wildman–Crippen MR) is 101 cm³/mol. The molecular weight excluding hydrogens is 344 g/mol. The molecule has 0 atom stereocenters. The van der Waals surface area contributed by atoms with Crippen LogP contribution >= 0.6 is 0 Å². The second-order valence-electron chi connectivity index (χ2n) is 6.06. The summed E-state index contributed by atoms with van der Waals surface area (Å²) in [5.41, 5.74) is 2.75. The Balaban J connectivity index is 1.43. The fourth-order valence-electron chi connectivity index (χ4n) is 2.42. The van der Waals surface area contributed by atoms with Gasteiger partial charge in [0.15, 0.2) is 18.3 Å². The van der Waals surface area contributed by atoms with Crippen molar-refractivity contribution in [3.05, 3.63) is 72.2 Å². The van der Waals surface area contributed by atoms with E-state index in [2.05, 4.69) is 10.3 Å². The van der Waals surface area contributed by atoms with Crippen LogP contribution in [0.25, 0.3) is 11.3 Å². The maximum absolute atomic E-state index is 11.8. The van der Waals surface area contributed by atoms with Gasteiger partial charge < -0.3 is 14.5 Å². The minimum absolute atomic E-state index is 0.0898. The van der Waals surface area contributed by atoms with Gasteiger partial charge in [-0.3, -0.25) is 9.59 Å². The number of hydrogen-bond acceptors (Lipinski definition) is 5. The molecule has 0 aliphatic carbocycles. The second kappa shape index (κ2) is 8.80. The average Bonchev–Trinajstić information content (AvgIpc) is 3.15. The lowest BCUT2D eigenvalue weighted by Gasteiger charge is -2.06. The highest BCUT2D eigenvalue weighted by molar-refractivity contribution is 5.92. The molecule has 2 aromatic carbocycles. The Labute approximate surface area is 157 Å². The number of para-hydroxylation sites is 1. The van der Waals surface area contributed by atoms with E-state index in [1.807, 2.05) is 49.4 Å².